The average molecular weight is 663 g/mol. The number of aliphatic hydroxyl groups is 4. The third kappa shape index (κ3) is 4.62. The topological polar surface area (TPSA) is 191 Å². The molecule has 1 heterocycles. The van der Waals surface area contributed by atoms with Gasteiger partial charge in [0.25, 0.3) is 0 Å². The zero-order valence-electron chi connectivity index (χ0n) is 28.5. The van der Waals surface area contributed by atoms with Crippen LogP contribution in [0.25, 0.3) is 0 Å². The molecule has 1 saturated heterocycles. The zero-order chi connectivity index (χ0) is 34.7. The number of allylic oxidation sites excluding steroid dienone is 2. The second kappa shape index (κ2) is 11.1. The molecule has 15 atom stereocenters. The predicted molar refractivity (Wildman–Crippen MR) is 168 cm³/mol. The molecule has 0 spiro atoms. The van der Waals surface area contributed by atoms with Crippen molar-refractivity contribution < 1.29 is 54.5 Å². The first kappa shape index (κ1) is 35.0. The van der Waals surface area contributed by atoms with Gasteiger partial charge in [0.05, 0.1) is 17.6 Å². The van der Waals surface area contributed by atoms with Crippen molar-refractivity contribution in [3.05, 3.63) is 11.6 Å². The van der Waals surface area contributed by atoms with Gasteiger partial charge >= 0.3 is 11.9 Å². The van der Waals surface area contributed by atoms with Gasteiger partial charge in [0.2, 0.25) is 0 Å². The summed E-state index contributed by atoms with van der Waals surface area (Å²) in [5.74, 6) is -2.65. The SMILES string of the molecule is CC1(C)CC[C@]2(C(=O)O)[C@H](O)C[C@]3(C)C(=CC[C@@H]4[C@@]5(C)CCC(O[C@@H]6O[C@H](C(=O)O)[C@@H](O)[C@H](O)[C@H]6O)[C@@](C)(C=O)[C@@H]5CC[C@]43C)[C@@H]2C1. The highest BCUT2D eigenvalue weighted by Gasteiger charge is 2.72. The Kier molecular flexibility index (Phi) is 8.22. The van der Waals surface area contributed by atoms with E-state index >= 15 is 0 Å². The third-order valence-electron chi connectivity index (χ3n) is 15.1. The summed E-state index contributed by atoms with van der Waals surface area (Å²) < 4.78 is 11.6. The molecular weight excluding hydrogens is 608 g/mol. The maximum absolute atomic E-state index is 13.1. The molecule has 4 saturated carbocycles. The van der Waals surface area contributed by atoms with Crippen LogP contribution in [0.3, 0.4) is 0 Å². The van der Waals surface area contributed by atoms with E-state index in [0.29, 0.717) is 38.5 Å². The molecule has 47 heavy (non-hydrogen) atoms. The fourth-order valence-electron chi connectivity index (χ4n) is 12.1. The summed E-state index contributed by atoms with van der Waals surface area (Å²) in [5.41, 5.74) is -2.10. The molecule has 1 unspecified atom stereocenters. The quantitative estimate of drug-likeness (QED) is 0.144. The lowest BCUT2D eigenvalue weighted by molar-refractivity contribution is -0.321. The number of ether oxygens (including phenoxy) is 2. The monoisotopic (exact) mass is 662 g/mol. The van der Waals surface area contributed by atoms with E-state index in [0.717, 1.165) is 25.5 Å². The summed E-state index contributed by atoms with van der Waals surface area (Å²) in [6, 6.07) is 0. The number of carboxylic acids is 2. The molecule has 5 fully saturated rings. The van der Waals surface area contributed by atoms with E-state index in [2.05, 4.69) is 40.7 Å². The molecule has 0 amide bonds. The maximum atomic E-state index is 13.1. The summed E-state index contributed by atoms with van der Waals surface area (Å²) in [4.78, 5) is 37.8. The molecule has 5 aliphatic carbocycles. The van der Waals surface area contributed by atoms with Crippen LogP contribution in [0.2, 0.25) is 0 Å². The molecule has 264 valence electrons. The largest absolute Gasteiger partial charge is 0.481 e. The lowest BCUT2D eigenvalue weighted by atomic mass is 9.33. The van der Waals surface area contributed by atoms with Crippen LogP contribution in [0.4, 0.5) is 0 Å². The van der Waals surface area contributed by atoms with E-state index in [9.17, 15) is 45.0 Å². The zero-order valence-corrected chi connectivity index (χ0v) is 28.5. The van der Waals surface area contributed by atoms with Gasteiger partial charge in [-0.05, 0) is 97.2 Å². The Hall–Kier alpha value is -1.89. The molecular formula is C36H54O11. The number of carbonyl (C=O) groups excluding carboxylic acids is 1. The number of aliphatic hydroxyl groups excluding tert-OH is 4. The van der Waals surface area contributed by atoms with Gasteiger partial charge in [-0.15, -0.1) is 0 Å². The van der Waals surface area contributed by atoms with E-state index < -0.39 is 71.1 Å². The number of hydrogen-bond donors (Lipinski definition) is 6. The van der Waals surface area contributed by atoms with Gasteiger partial charge in [0.1, 0.15) is 30.0 Å². The lowest BCUT2D eigenvalue weighted by Gasteiger charge is -2.71. The molecule has 11 heteroatoms. The van der Waals surface area contributed by atoms with Crippen molar-refractivity contribution in [1.82, 2.24) is 0 Å². The summed E-state index contributed by atoms with van der Waals surface area (Å²) in [6.07, 6.45) is -1.60. The first-order valence-electron chi connectivity index (χ1n) is 17.4. The van der Waals surface area contributed by atoms with Gasteiger partial charge in [-0.2, -0.15) is 0 Å². The normalized spacial score (nSPS) is 53.7. The van der Waals surface area contributed by atoms with Crippen LogP contribution < -0.4 is 0 Å². The van der Waals surface area contributed by atoms with Crippen LogP contribution in [0.15, 0.2) is 11.6 Å². The second-order valence-electron chi connectivity index (χ2n) is 17.7. The van der Waals surface area contributed by atoms with Crippen LogP contribution in [-0.4, -0.2) is 91.8 Å². The third-order valence-corrected chi connectivity index (χ3v) is 15.1. The van der Waals surface area contributed by atoms with Crippen molar-refractivity contribution >= 4 is 18.2 Å². The fraction of sp³-hybridized carbons (Fsp3) is 0.861. The van der Waals surface area contributed by atoms with E-state index in [1.165, 1.54) is 5.57 Å². The fourth-order valence-corrected chi connectivity index (χ4v) is 12.1. The number of carbonyl (C=O) groups is 3. The molecule has 6 N–H and O–H groups in total. The minimum Gasteiger partial charge on any atom is -0.481 e. The highest BCUT2D eigenvalue weighted by atomic mass is 16.7. The molecule has 0 radical (unpaired) electrons. The van der Waals surface area contributed by atoms with Gasteiger partial charge in [0.15, 0.2) is 12.4 Å². The van der Waals surface area contributed by atoms with Crippen LogP contribution >= 0.6 is 0 Å². The van der Waals surface area contributed by atoms with Gasteiger partial charge in [-0.25, -0.2) is 4.79 Å². The first-order chi connectivity index (χ1) is 21.7. The molecule has 11 nitrogen and oxygen atoms in total. The molecule has 6 rings (SSSR count). The highest BCUT2D eigenvalue weighted by molar-refractivity contribution is 5.77. The number of aliphatic carboxylic acids is 2. The Morgan fingerprint density at radius 3 is 2.17 bits per heavy atom. The van der Waals surface area contributed by atoms with Gasteiger partial charge < -0.3 is 44.9 Å². The Balaban J connectivity index is 1.33. The van der Waals surface area contributed by atoms with Crippen molar-refractivity contribution in [3.8, 4) is 0 Å². The minimum atomic E-state index is -1.84. The maximum Gasteiger partial charge on any atom is 0.335 e. The van der Waals surface area contributed by atoms with Crippen molar-refractivity contribution in [3.63, 3.8) is 0 Å². The van der Waals surface area contributed by atoms with E-state index in [-0.39, 0.29) is 34.0 Å². The van der Waals surface area contributed by atoms with Crippen LogP contribution in [-0.2, 0) is 23.9 Å². The summed E-state index contributed by atoms with van der Waals surface area (Å²) >= 11 is 0. The number of aldehydes is 1. The van der Waals surface area contributed by atoms with E-state index in [1.54, 1.807) is 0 Å². The van der Waals surface area contributed by atoms with Crippen LogP contribution in [0, 0.1) is 50.2 Å². The Bertz CT molecular complexity index is 1350. The van der Waals surface area contributed by atoms with Gasteiger partial charge in [-0.3, -0.25) is 4.79 Å². The lowest BCUT2D eigenvalue weighted by Crippen LogP contribution is -2.68. The minimum absolute atomic E-state index is 0.0395. The number of fused-ring (bicyclic) bond motifs is 7. The summed E-state index contributed by atoms with van der Waals surface area (Å²) in [6.45, 7) is 13.0. The molecule has 1 aliphatic heterocycles. The molecule has 0 aromatic rings. The Labute approximate surface area is 276 Å². The standard InChI is InChI=1S/C36H54O11/c1-31(2)13-14-36(30(44)45)19(15-31)18-7-8-21-32(3)11-10-23(46-29-26(41)24(39)25(40)27(47-29)28(42)43)33(4,17-37)20(32)9-12-34(21,5)35(18,6)16-22(36)38/h7,17,19-27,29,38-41H,8-16H2,1-6H3,(H,42,43)(H,44,45)/t19-,20+,21+,22+,23?,24-,25-,26+,27-,29+,32-,33-,34+,35+,36+/m0/s1. The number of rotatable bonds is 5. The number of hydrogen-bond acceptors (Lipinski definition) is 9. The Morgan fingerprint density at radius 1 is 0.872 bits per heavy atom. The molecule has 0 aromatic carbocycles. The smallest absolute Gasteiger partial charge is 0.335 e. The predicted octanol–water partition coefficient (Wildman–Crippen LogP) is 3.30. The highest BCUT2D eigenvalue weighted by Crippen LogP contribution is 2.75. The van der Waals surface area contributed by atoms with Gasteiger partial charge in [-0.1, -0.05) is 53.2 Å². The van der Waals surface area contributed by atoms with Crippen LogP contribution in [0.1, 0.15) is 99.3 Å². The molecule has 0 aromatic heterocycles. The van der Waals surface area contributed by atoms with Crippen molar-refractivity contribution in [1.29, 1.82) is 0 Å². The number of carboxylic acid groups (broad SMARTS) is 2. The van der Waals surface area contributed by atoms with Crippen molar-refractivity contribution in [2.24, 2.45) is 50.2 Å². The summed E-state index contributed by atoms with van der Waals surface area (Å²) in [5, 5.41) is 63.2. The van der Waals surface area contributed by atoms with Gasteiger partial charge in [0, 0.05) is 0 Å². The first-order valence-corrected chi connectivity index (χ1v) is 17.4. The van der Waals surface area contributed by atoms with Crippen LogP contribution in [0.5, 0.6) is 0 Å². The van der Waals surface area contributed by atoms with Crippen molar-refractivity contribution in [2.45, 2.75) is 142 Å². The van der Waals surface area contributed by atoms with Crippen molar-refractivity contribution in [2.75, 3.05) is 0 Å². The molecule has 0 bridgehead atoms. The molecule has 6 aliphatic rings. The van der Waals surface area contributed by atoms with E-state index in [4.69, 9.17) is 9.47 Å². The Morgan fingerprint density at radius 2 is 1.55 bits per heavy atom. The second-order valence-corrected chi connectivity index (χ2v) is 17.7. The van der Waals surface area contributed by atoms with E-state index in [1.807, 2.05) is 6.92 Å². The summed E-state index contributed by atoms with van der Waals surface area (Å²) in [7, 11) is 0. The average Bonchev–Trinajstić information content (AvgIpc) is 2.98.